The summed E-state index contributed by atoms with van der Waals surface area (Å²) in [6.07, 6.45) is 0.501. The van der Waals surface area contributed by atoms with E-state index in [0.717, 1.165) is 25.7 Å². The Bertz CT molecular complexity index is 450. The third-order valence-corrected chi connectivity index (χ3v) is 3.58. The third kappa shape index (κ3) is 7.83. The molecule has 0 aromatic heterocycles. The van der Waals surface area contributed by atoms with Gasteiger partial charge in [-0.2, -0.15) is 0 Å². The monoisotopic (exact) mass is 360 g/mol. The molecule has 0 saturated carbocycles. The van der Waals surface area contributed by atoms with Crippen molar-refractivity contribution in [2.45, 2.75) is 78.0 Å². The van der Waals surface area contributed by atoms with Gasteiger partial charge in [0.05, 0.1) is 6.61 Å². The van der Waals surface area contributed by atoms with Crippen LogP contribution in [-0.4, -0.2) is 55.7 Å². The van der Waals surface area contributed by atoms with Gasteiger partial charge in [0.2, 0.25) is 12.4 Å². The lowest BCUT2D eigenvalue weighted by Crippen LogP contribution is -2.41. The van der Waals surface area contributed by atoms with Crippen LogP contribution < -0.4 is 0 Å². The van der Waals surface area contributed by atoms with E-state index < -0.39 is 42.5 Å². The van der Waals surface area contributed by atoms with Crippen LogP contribution >= 0.6 is 0 Å². The Morgan fingerprint density at radius 2 is 1.44 bits per heavy atom. The zero-order valence-corrected chi connectivity index (χ0v) is 15.3. The lowest BCUT2D eigenvalue weighted by Gasteiger charge is -2.22. The van der Waals surface area contributed by atoms with Crippen molar-refractivity contribution in [3.8, 4) is 0 Å². The molecule has 0 bridgehead atoms. The molecule has 1 rings (SSSR count). The topological polar surface area (TPSA) is 97.4 Å². The summed E-state index contributed by atoms with van der Waals surface area (Å²) < 4.78 is 26.6. The molecule has 144 valence electrons. The first-order valence-corrected chi connectivity index (χ1v) is 8.60. The molecule has 0 aliphatic carbocycles. The largest absolute Gasteiger partial charge is 0.455 e. The van der Waals surface area contributed by atoms with Gasteiger partial charge in [-0.15, -0.1) is 0 Å². The van der Waals surface area contributed by atoms with Crippen LogP contribution in [0.1, 0.15) is 53.4 Å². The summed E-state index contributed by atoms with van der Waals surface area (Å²) in [5.41, 5.74) is 0. The van der Waals surface area contributed by atoms with Crippen molar-refractivity contribution in [1.29, 1.82) is 0 Å². The highest BCUT2D eigenvalue weighted by Gasteiger charge is 2.51. The van der Waals surface area contributed by atoms with Crippen molar-refractivity contribution < 1.29 is 38.1 Å². The molecule has 1 aliphatic rings. The van der Waals surface area contributed by atoms with Crippen molar-refractivity contribution in [3.63, 3.8) is 0 Å². The average molecular weight is 360 g/mol. The maximum Gasteiger partial charge on any atom is 0.305 e. The summed E-state index contributed by atoms with van der Waals surface area (Å²) in [6, 6.07) is 0. The molecular formula is C17H28O8. The number of carbonyl (C=O) groups excluding carboxylic acids is 3. The number of unbranched alkanes of at least 4 members (excludes halogenated alkanes) is 3. The number of ether oxygens (including phenoxy) is 5. The van der Waals surface area contributed by atoms with E-state index in [1.54, 1.807) is 0 Å². The van der Waals surface area contributed by atoms with Crippen LogP contribution in [0.2, 0.25) is 0 Å². The van der Waals surface area contributed by atoms with Gasteiger partial charge in [0, 0.05) is 27.4 Å². The summed E-state index contributed by atoms with van der Waals surface area (Å²) in [6.45, 7) is 6.48. The van der Waals surface area contributed by atoms with E-state index in [1.165, 1.54) is 20.8 Å². The predicted octanol–water partition coefficient (Wildman–Crippen LogP) is 1.73. The molecule has 1 saturated heterocycles. The second-order valence-corrected chi connectivity index (χ2v) is 5.94. The molecule has 8 heteroatoms. The van der Waals surface area contributed by atoms with Crippen molar-refractivity contribution in [2.75, 3.05) is 13.2 Å². The van der Waals surface area contributed by atoms with Crippen LogP contribution in [0.5, 0.6) is 0 Å². The Balaban J connectivity index is 2.69. The fraction of sp³-hybridized carbons (Fsp3) is 0.824. The standard InChI is InChI=1S/C17H28O8/c1-5-6-7-8-9-21-10-14-15(22-11(2)18)16(23-12(3)19)17(25-14)24-13(4)20/h14-17H,5-10H2,1-4H3/t14-,15-,16-,17?/m1/s1. The number of esters is 3. The quantitative estimate of drug-likeness (QED) is 0.330. The van der Waals surface area contributed by atoms with Crippen LogP contribution in [-0.2, 0) is 38.1 Å². The summed E-state index contributed by atoms with van der Waals surface area (Å²) in [7, 11) is 0. The average Bonchev–Trinajstić information content (AvgIpc) is 2.79. The highest BCUT2D eigenvalue weighted by molar-refractivity contribution is 5.68. The number of rotatable bonds is 10. The van der Waals surface area contributed by atoms with Gasteiger partial charge in [0.15, 0.2) is 6.10 Å². The second kappa shape index (κ2) is 11.0. The summed E-state index contributed by atoms with van der Waals surface area (Å²) >= 11 is 0. The summed E-state index contributed by atoms with van der Waals surface area (Å²) in [4.78, 5) is 34.0. The molecule has 0 radical (unpaired) electrons. The molecule has 1 fully saturated rings. The van der Waals surface area contributed by atoms with E-state index in [0.29, 0.717) is 6.61 Å². The molecule has 1 unspecified atom stereocenters. The van der Waals surface area contributed by atoms with Gasteiger partial charge in [-0.25, -0.2) is 0 Å². The lowest BCUT2D eigenvalue weighted by molar-refractivity contribution is -0.197. The fourth-order valence-corrected chi connectivity index (χ4v) is 2.57. The molecule has 0 aromatic rings. The maximum atomic E-state index is 11.4. The van der Waals surface area contributed by atoms with Gasteiger partial charge in [-0.3, -0.25) is 14.4 Å². The van der Waals surface area contributed by atoms with Crippen LogP contribution in [0, 0.1) is 0 Å². The Hall–Kier alpha value is -1.67. The van der Waals surface area contributed by atoms with Crippen LogP contribution in [0.3, 0.4) is 0 Å². The van der Waals surface area contributed by atoms with Gasteiger partial charge in [0.25, 0.3) is 0 Å². The molecule has 8 nitrogen and oxygen atoms in total. The van der Waals surface area contributed by atoms with Gasteiger partial charge >= 0.3 is 17.9 Å². The van der Waals surface area contributed by atoms with Gasteiger partial charge in [-0.1, -0.05) is 26.2 Å². The Kier molecular flexibility index (Phi) is 9.44. The summed E-state index contributed by atoms with van der Waals surface area (Å²) in [5.74, 6) is -1.74. The van der Waals surface area contributed by atoms with E-state index in [9.17, 15) is 14.4 Å². The molecular weight excluding hydrogens is 332 g/mol. The van der Waals surface area contributed by atoms with E-state index >= 15 is 0 Å². The predicted molar refractivity (Wildman–Crippen MR) is 86.5 cm³/mol. The SMILES string of the molecule is CCCCCCOC[C@H]1OC(OC(C)=O)[C@H](OC(C)=O)[C@@H]1OC(C)=O. The number of carbonyl (C=O) groups is 3. The zero-order chi connectivity index (χ0) is 18.8. The highest BCUT2D eigenvalue weighted by Crippen LogP contribution is 2.28. The first-order valence-electron chi connectivity index (χ1n) is 8.60. The number of hydrogen-bond acceptors (Lipinski definition) is 8. The molecule has 0 spiro atoms. The highest BCUT2D eigenvalue weighted by atomic mass is 16.7. The van der Waals surface area contributed by atoms with E-state index in [1.807, 2.05) is 0 Å². The van der Waals surface area contributed by atoms with E-state index in [2.05, 4.69) is 6.92 Å². The van der Waals surface area contributed by atoms with E-state index in [4.69, 9.17) is 23.7 Å². The normalized spacial score (nSPS) is 25.4. The van der Waals surface area contributed by atoms with E-state index in [-0.39, 0.29) is 6.61 Å². The Morgan fingerprint density at radius 3 is 2.00 bits per heavy atom. The lowest BCUT2D eigenvalue weighted by atomic mass is 10.1. The van der Waals surface area contributed by atoms with Crippen LogP contribution in [0.4, 0.5) is 0 Å². The first-order chi connectivity index (χ1) is 11.8. The van der Waals surface area contributed by atoms with Crippen molar-refractivity contribution in [1.82, 2.24) is 0 Å². The molecule has 0 amide bonds. The zero-order valence-electron chi connectivity index (χ0n) is 15.3. The van der Waals surface area contributed by atoms with Crippen LogP contribution in [0.15, 0.2) is 0 Å². The van der Waals surface area contributed by atoms with Crippen molar-refractivity contribution in [3.05, 3.63) is 0 Å². The second-order valence-electron chi connectivity index (χ2n) is 5.94. The molecule has 25 heavy (non-hydrogen) atoms. The molecule has 0 aromatic carbocycles. The van der Waals surface area contributed by atoms with Crippen molar-refractivity contribution >= 4 is 17.9 Å². The first kappa shape index (κ1) is 21.4. The third-order valence-electron chi connectivity index (χ3n) is 3.58. The Morgan fingerprint density at radius 1 is 0.840 bits per heavy atom. The minimum Gasteiger partial charge on any atom is -0.455 e. The Labute approximate surface area is 148 Å². The maximum absolute atomic E-state index is 11.4. The fourth-order valence-electron chi connectivity index (χ4n) is 2.57. The smallest absolute Gasteiger partial charge is 0.305 e. The molecule has 1 aliphatic heterocycles. The minimum absolute atomic E-state index is 0.138. The minimum atomic E-state index is -1.14. The van der Waals surface area contributed by atoms with Gasteiger partial charge in [0.1, 0.15) is 6.10 Å². The van der Waals surface area contributed by atoms with Crippen molar-refractivity contribution in [2.24, 2.45) is 0 Å². The molecule has 0 N–H and O–H groups in total. The van der Waals surface area contributed by atoms with Gasteiger partial charge < -0.3 is 23.7 Å². The number of hydrogen-bond donors (Lipinski definition) is 0. The summed E-state index contributed by atoms with van der Waals surface area (Å²) in [5, 5.41) is 0. The molecule has 1 heterocycles. The molecule has 4 atom stereocenters. The van der Waals surface area contributed by atoms with Gasteiger partial charge in [-0.05, 0) is 6.42 Å². The van der Waals surface area contributed by atoms with Crippen LogP contribution in [0.25, 0.3) is 0 Å².